The van der Waals surface area contributed by atoms with Crippen molar-refractivity contribution in [3.8, 4) is 22.1 Å². The molecule has 2 heterocycles. The first kappa shape index (κ1) is 18.8. The second kappa shape index (κ2) is 8.64. The Labute approximate surface area is 162 Å². The Hall–Kier alpha value is -2.93. The van der Waals surface area contributed by atoms with Gasteiger partial charge in [-0.1, -0.05) is 6.07 Å². The van der Waals surface area contributed by atoms with E-state index in [1.54, 1.807) is 24.9 Å². The second-order valence-corrected chi connectivity index (χ2v) is 6.97. The van der Waals surface area contributed by atoms with Gasteiger partial charge in [-0.15, -0.1) is 11.3 Å². The summed E-state index contributed by atoms with van der Waals surface area (Å²) < 4.78 is 11.2. The highest BCUT2D eigenvalue weighted by atomic mass is 32.1. The standard InChI is InChI=1S/C20H21N3O3S/c1-13(2)26-17-7-6-15(9-18(17)25-3)20-23-16(12-27-20)19(24)22-11-14-5-4-8-21-10-14/h4-10,12-13H,11H2,1-3H3,(H,22,24). The first-order chi connectivity index (χ1) is 13.1. The van der Waals surface area contributed by atoms with Crippen molar-refractivity contribution in [2.75, 3.05) is 7.11 Å². The maximum absolute atomic E-state index is 12.3. The van der Waals surface area contributed by atoms with Gasteiger partial charge in [-0.25, -0.2) is 4.98 Å². The van der Waals surface area contributed by atoms with Crippen LogP contribution in [-0.4, -0.2) is 29.1 Å². The lowest BCUT2D eigenvalue weighted by molar-refractivity contribution is 0.0946. The molecule has 0 bridgehead atoms. The fraction of sp³-hybridized carbons (Fsp3) is 0.250. The number of amides is 1. The smallest absolute Gasteiger partial charge is 0.271 e. The first-order valence-corrected chi connectivity index (χ1v) is 9.42. The summed E-state index contributed by atoms with van der Waals surface area (Å²) in [5, 5.41) is 5.35. The quantitative estimate of drug-likeness (QED) is 0.669. The fourth-order valence-electron chi connectivity index (χ4n) is 2.44. The molecule has 1 N–H and O–H groups in total. The van der Waals surface area contributed by atoms with E-state index in [9.17, 15) is 4.79 Å². The van der Waals surface area contributed by atoms with Gasteiger partial charge in [-0.2, -0.15) is 0 Å². The van der Waals surface area contributed by atoms with Gasteiger partial charge in [0.1, 0.15) is 10.7 Å². The van der Waals surface area contributed by atoms with Gasteiger partial charge >= 0.3 is 0 Å². The molecule has 0 saturated heterocycles. The Morgan fingerprint density at radius 1 is 1.26 bits per heavy atom. The van der Waals surface area contributed by atoms with Crippen molar-refractivity contribution >= 4 is 17.2 Å². The van der Waals surface area contributed by atoms with Crippen molar-refractivity contribution in [2.24, 2.45) is 0 Å². The summed E-state index contributed by atoms with van der Waals surface area (Å²) in [6.07, 6.45) is 3.48. The van der Waals surface area contributed by atoms with Crippen LogP contribution >= 0.6 is 11.3 Å². The van der Waals surface area contributed by atoms with Gasteiger partial charge in [-0.3, -0.25) is 9.78 Å². The average Bonchev–Trinajstić information content (AvgIpc) is 3.17. The number of thiazole rings is 1. The maximum atomic E-state index is 12.3. The van der Waals surface area contributed by atoms with Gasteiger partial charge in [0.25, 0.3) is 5.91 Å². The molecule has 0 unspecified atom stereocenters. The molecule has 0 saturated carbocycles. The van der Waals surface area contributed by atoms with Crippen molar-refractivity contribution < 1.29 is 14.3 Å². The van der Waals surface area contributed by atoms with Gasteiger partial charge in [0.15, 0.2) is 11.5 Å². The summed E-state index contributed by atoms with van der Waals surface area (Å²) in [6.45, 7) is 4.34. The number of ether oxygens (including phenoxy) is 2. The zero-order chi connectivity index (χ0) is 19.2. The van der Waals surface area contributed by atoms with Crippen molar-refractivity contribution in [3.05, 3.63) is 59.4 Å². The SMILES string of the molecule is COc1cc(-c2nc(C(=O)NCc3cccnc3)cs2)ccc1OC(C)C. The minimum atomic E-state index is -0.215. The third-order valence-electron chi connectivity index (χ3n) is 3.69. The van der Waals surface area contributed by atoms with E-state index < -0.39 is 0 Å². The molecule has 3 rings (SSSR count). The van der Waals surface area contributed by atoms with Crippen LogP contribution in [0.25, 0.3) is 10.6 Å². The summed E-state index contributed by atoms with van der Waals surface area (Å²) in [5.41, 5.74) is 2.20. The maximum Gasteiger partial charge on any atom is 0.271 e. The number of carbonyl (C=O) groups excluding carboxylic acids is 1. The fourth-order valence-corrected chi connectivity index (χ4v) is 3.24. The zero-order valence-corrected chi connectivity index (χ0v) is 16.2. The Morgan fingerprint density at radius 3 is 2.81 bits per heavy atom. The molecule has 140 valence electrons. The van der Waals surface area contributed by atoms with Gasteiger partial charge in [0, 0.05) is 29.9 Å². The van der Waals surface area contributed by atoms with E-state index in [-0.39, 0.29) is 12.0 Å². The van der Waals surface area contributed by atoms with Gasteiger partial charge in [0.2, 0.25) is 0 Å². The van der Waals surface area contributed by atoms with E-state index in [4.69, 9.17) is 9.47 Å². The Balaban J connectivity index is 1.72. The van der Waals surface area contributed by atoms with E-state index in [1.807, 2.05) is 44.2 Å². The number of methoxy groups -OCH3 is 1. The molecular formula is C20H21N3O3S. The molecule has 6 nitrogen and oxygen atoms in total. The predicted octanol–water partition coefficient (Wildman–Crippen LogP) is 3.93. The van der Waals surface area contributed by atoms with Gasteiger partial charge in [-0.05, 0) is 43.7 Å². The van der Waals surface area contributed by atoms with Crippen molar-refractivity contribution in [1.29, 1.82) is 0 Å². The molecule has 0 aliphatic carbocycles. The van der Waals surface area contributed by atoms with Crippen LogP contribution in [0.2, 0.25) is 0 Å². The van der Waals surface area contributed by atoms with E-state index in [2.05, 4.69) is 15.3 Å². The van der Waals surface area contributed by atoms with Crippen LogP contribution in [0.3, 0.4) is 0 Å². The summed E-state index contributed by atoms with van der Waals surface area (Å²) in [5.74, 6) is 1.11. The van der Waals surface area contributed by atoms with Crippen LogP contribution in [-0.2, 0) is 6.54 Å². The number of nitrogens with one attached hydrogen (secondary N) is 1. The minimum Gasteiger partial charge on any atom is -0.493 e. The van der Waals surface area contributed by atoms with Crippen LogP contribution in [0.15, 0.2) is 48.1 Å². The Bertz CT molecular complexity index is 910. The predicted molar refractivity (Wildman–Crippen MR) is 105 cm³/mol. The van der Waals surface area contributed by atoms with E-state index in [0.29, 0.717) is 23.7 Å². The summed E-state index contributed by atoms with van der Waals surface area (Å²) in [4.78, 5) is 20.8. The molecule has 0 aliphatic heterocycles. The van der Waals surface area contributed by atoms with Crippen molar-refractivity contribution in [3.63, 3.8) is 0 Å². The molecule has 7 heteroatoms. The number of aromatic nitrogens is 2. The van der Waals surface area contributed by atoms with Crippen molar-refractivity contribution in [1.82, 2.24) is 15.3 Å². The molecule has 27 heavy (non-hydrogen) atoms. The zero-order valence-electron chi connectivity index (χ0n) is 15.4. The lowest BCUT2D eigenvalue weighted by Gasteiger charge is -2.14. The third kappa shape index (κ3) is 4.83. The largest absolute Gasteiger partial charge is 0.493 e. The third-order valence-corrected chi connectivity index (χ3v) is 4.58. The molecule has 0 atom stereocenters. The van der Waals surface area contributed by atoms with Gasteiger partial charge < -0.3 is 14.8 Å². The lowest BCUT2D eigenvalue weighted by atomic mass is 10.2. The van der Waals surface area contributed by atoms with Crippen LogP contribution in [0.5, 0.6) is 11.5 Å². The Morgan fingerprint density at radius 2 is 2.11 bits per heavy atom. The van der Waals surface area contributed by atoms with E-state index >= 15 is 0 Å². The number of nitrogens with zero attached hydrogens (tertiary/aromatic N) is 2. The van der Waals surface area contributed by atoms with Crippen LogP contribution < -0.4 is 14.8 Å². The van der Waals surface area contributed by atoms with E-state index in [0.717, 1.165) is 16.1 Å². The minimum absolute atomic E-state index is 0.0553. The number of hydrogen-bond donors (Lipinski definition) is 1. The average molecular weight is 383 g/mol. The summed E-state index contributed by atoms with van der Waals surface area (Å²) in [7, 11) is 1.60. The van der Waals surface area contributed by atoms with Crippen LogP contribution in [0, 0.1) is 0 Å². The number of benzene rings is 1. The lowest BCUT2D eigenvalue weighted by Crippen LogP contribution is -2.23. The molecule has 0 spiro atoms. The highest BCUT2D eigenvalue weighted by molar-refractivity contribution is 7.13. The Kier molecular flexibility index (Phi) is 6.03. The van der Waals surface area contributed by atoms with Crippen molar-refractivity contribution in [2.45, 2.75) is 26.5 Å². The first-order valence-electron chi connectivity index (χ1n) is 8.54. The second-order valence-electron chi connectivity index (χ2n) is 6.11. The number of pyridine rings is 1. The number of rotatable bonds is 7. The molecule has 0 fully saturated rings. The molecule has 1 aromatic carbocycles. The van der Waals surface area contributed by atoms with Gasteiger partial charge in [0.05, 0.1) is 13.2 Å². The van der Waals surface area contributed by atoms with Crippen LogP contribution in [0.1, 0.15) is 29.9 Å². The number of carbonyl (C=O) groups is 1. The monoisotopic (exact) mass is 383 g/mol. The summed E-state index contributed by atoms with van der Waals surface area (Å²) in [6, 6.07) is 9.39. The molecule has 0 radical (unpaired) electrons. The molecule has 0 aliphatic rings. The number of hydrogen-bond acceptors (Lipinski definition) is 6. The van der Waals surface area contributed by atoms with Crippen LogP contribution in [0.4, 0.5) is 0 Å². The normalized spacial score (nSPS) is 10.7. The molecule has 3 aromatic rings. The topological polar surface area (TPSA) is 73.3 Å². The molecule has 2 aromatic heterocycles. The van der Waals surface area contributed by atoms with E-state index in [1.165, 1.54) is 11.3 Å². The highest BCUT2D eigenvalue weighted by Crippen LogP contribution is 2.34. The summed E-state index contributed by atoms with van der Waals surface area (Å²) >= 11 is 1.41. The molecular weight excluding hydrogens is 362 g/mol. The highest BCUT2D eigenvalue weighted by Gasteiger charge is 2.14. The molecule has 1 amide bonds.